The Morgan fingerprint density at radius 3 is 2.81 bits per heavy atom. The van der Waals surface area contributed by atoms with Crippen LogP contribution in [0.15, 0.2) is 24.3 Å². The predicted octanol–water partition coefficient (Wildman–Crippen LogP) is 0.861. The van der Waals surface area contributed by atoms with Crippen molar-refractivity contribution in [1.29, 1.82) is 0 Å². The fourth-order valence-electron chi connectivity index (χ4n) is 2.17. The van der Waals surface area contributed by atoms with Crippen LogP contribution >= 0.6 is 0 Å². The van der Waals surface area contributed by atoms with Crippen LogP contribution in [0.4, 0.5) is 5.69 Å². The van der Waals surface area contributed by atoms with Crippen molar-refractivity contribution >= 4 is 11.7 Å². The number of benzene rings is 1. The van der Waals surface area contributed by atoms with Gasteiger partial charge >= 0.3 is 11.9 Å². The number of anilines is 1. The second-order valence-electron chi connectivity index (χ2n) is 5.74. The Morgan fingerprint density at radius 2 is 2.14 bits per heavy atom. The highest BCUT2D eigenvalue weighted by atomic mass is 17.1. The molecule has 2 aliphatic heterocycles. The highest BCUT2D eigenvalue weighted by Gasteiger charge is 2.51. The molecule has 8 nitrogen and oxygen atoms in total. The van der Waals surface area contributed by atoms with Crippen LogP contribution in [-0.2, 0) is 30.1 Å². The Hall–Kier alpha value is -1.71. The zero-order chi connectivity index (χ0) is 15.1. The molecule has 1 spiro atoms. The monoisotopic (exact) mass is 295 g/mol. The molecule has 1 unspecified atom stereocenters. The quantitative estimate of drug-likeness (QED) is 0.778. The van der Waals surface area contributed by atoms with E-state index in [0.717, 1.165) is 0 Å². The van der Waals surface area contributed by atoms with Crippen LogP contribution in [0.2, 0.25) is 0 Å². The van der Waals surface area contributed by atoms with Gasteiger partial charge in [-0.2, -0.15) is 4.94 Å². The molecular formula is C13H17N3O5. The number of carbonyl (C=O) groups excluding carboxylic acids is 1. The van der Waals surface area contributed by atoms with Crippen LogP contribution in [0.1, 0.15) is 26.3 Å². The van der Waals surface area contributed by atoms with Crippen LogP contribution < -0.4 is 16.2 Å². The Labute approximate surface area is 121 Å². The van der Waals surface area contributed by atoms with Gasteiger partial charge in [0.25, 0.3) is 0 Å². The highest BCUT2D eigenvalue weighted by molar-refractivity contribution is 5.76. The van der Waals surface area contributed by atoms with E-state index in [1.165, 1.54) is 5.06 Å². The molecule has 2 N–H and O–H groups in total. The van der Waals surface area contributed by atoms with Gasteiger partial charge in [0, 0.05) is 0 Å². The predicted molar refractivity (Wildman–Crippen MR) is 70.8 cm³/mol. The average Bonchev–Trinajstić information content (AvgIpc) is 2.96. The lowest BCUT2D eigenvalue weighted by atomic mass is 10.1. The van der Waals surface area contributed by atoms with Gasteiger partial charge < -0.3 is 4.74 Å². The Kier molecular flexibility index (Phi) is 3.34. The summed E-state index contributed by atoms with van der Waals surface area (Å²) in [6.07, 6.45) is 0. The van der Waals surface area contributed by atoms with Crippen LogP contribution in [0.25, 0.3) is 0 Å². The normalized spacial score (nSPS) is 24.4. The third kappa shape index (κ3) is 2.71. The van der Waals surface area contributed by atoms with Crippen LogP contribution in [0, 0.1) is 0 Å². The van der Waals surface area contributed by atoms with E-state index in [1.807, 2.05) is 45.0 Å². The lowest BCUT2D eigenvalue weighted by molar-refractivity contribution is -0.250. The minimum absolute atomic E-state index is 0.0684. The third-order valence-electron chi connectivity index (χ3n) is 2.87. The minimum Gasteiger partial charge on any atom is -0.459 e. The molecule has 0 saturated carbocycles. The SMILES string of the molecule is CC(C)(C)OC(=O)CN1OC2(NONO2)c2ccccc21. The van der Waals surface area contributed by atoms with Gasteiger partial charge in [-0.1, -0.05) is 17.8 Å². The Bertz CT molecular complexity index is 551. The number of nitrogens with zero attached hydrogens (tertiary/aromatic N) is 1. The summed E-state index contributed by atoms with van der Waals surface area (Å²) in [5.41, 5.74) is 5.66. The average molecular weight is 295 g/mol. The molecule has 1 saturated heterocycles. The van der Waals surface area contributed by atoms with Crippen LogP contribution in [-0.4, -0.2) is 18.1 Å². The number of esters is 1. The molecule has 0 aromatic heterocycles. The lowest BCUT2D eigenvalue weighted by Gasteiger charge is -2.24. The van der Waals surface area contributed by atoms with Crippen molar-refractivity contribution in [1.82, 2.24) is 11.1 Å². The highest BCUT2D eigenvalue weighted by Crippen LogP contribution is 2.41. The van der Waals surface area contributed by atoms with Gasteiger partial charge in [-0.05, 0) is 32.9 Å². The molecule has 2 aliphatic rings. The molecule has 2 heterocycles. The molecule has 114 valence electrons. The lowest BCUT2D eigenvalue weighted by Crippen LogP contribution is -2.42. The van der Waals surface area contributed by atoms with Gasteiger partial charge in [0.1, 0.15) is 12.1 Å². The van der Waals surface area contributed by atoms with Crippen LogP contribution in [0.3, 0.4) is 0 Å². The van der Waals surface area contributed by atoms with Gasteiger partial charge in [-0.25, -0.2) is 14.7 Å². The Morgan fingerprint density at radius 1 is 1.38 bits per heavy atom. The fourth-order valence-corrected chi connectivity index (χ4v) is 2.17. The van der Waals surface area contributed by atoms with Crippen molar-refractivity contribution in [2.24, 2.45) is 0 Å². The number of hydrogen-bond donors (Lipinski definition) is 2. The summed E-state index contributed by atoms with van der Waals surface area (Å²) in [5.74, 6) is -1.71. The zero-order valence-corrected chi connectivity index (χ0v) is 12.0. The van der Waals surface area contributed by atoms with Crippen molar-refractivity contribution in [3.05, 3.63) is 29.8 Å². The summed E-state index contributed by atoms with van der Waals surface area (Å²) < 4.78 is 5.30. The van der Waals surface area contributed by atoms with Gasteiger partial charge in [0.05, 0.1) is 11.3 Å². The van der Waals surface area contributed by atoms with E-state index in [4.69, 9.17) is 19.4 Å². The van der Waals surface area contributed by atoms with Gasteiger partial charge in [-0.3, -0.25) is 4.79 Å². The first kappa shape index (κ1) is 14.2. The summed E-state index contributed by atoms with van der Waals surface area (Å²) >= 11 is 0. The van der Waals surface area contributed by atoms with Crippen molar-refractivity contribution in [2.45, 2.75) is 32.3 Å². The van der Waals surface area contributed by atoms with E-state index in [1.54, 1.807) is 0 Å². The van der Waals surface area contributed by atoms with E-state index in [2.05, 4.69) is 11.1 Å². The number of fused-ring (bicyclic) bond motifs is 2. The summed E-state index contributed by atoms with van der Waals surface area (Å²) in [7, 11) is 0. The maximum absolute atomic E-state index is 12.0. The molecule has 0 bridgehead atoms. The first-order valence-corrected chi connectivity index (χ1v) is 6.54. The van der Waals surface area contributed by atoms with E-state index in [9.17, 15) is 4.79 Å². The third-order valence-corrected chi connectivity index (χ3v) is 2.87. The van der Waals surface area contributed by atoms with E-state index >= 15 is 0 Å². The standard InChI is InChI=1S/C13H17N3O5/c1-12(2,3)18-11(17)8-16-10-7-5-4-6-9(10)13(20-16)14-21-15-19-13/h4-7,14-15H,8H2,1-3H3. The topological polar surface area (TPSA) is 81.3 Å². The number of ether oxygens (including phenoxy) is 1. The second-order valence-corrected chi connectivity index (χ2v) is 5.74. The first-order chi connectivity index (χ1) is 9.90. The van der Waals surface area contributed by atoms with Crippen molar-refractivity contribution < 1.29 is 24.1 Å². The van der Waals surface area contributed by atoms with Crippen molar-refractivity contribution in [3.8, 4) is 0 Å². The molecule has 21 heavy (non-hydrogen) atoms. The molecule has 1 fully saturated rings. The molecule has 0 aliphatic carbocycles. The number of carbonyl (C=O) groups is 1. The minimum atomic E-state index is -1.31. The number of rotatable bonds is 2. The summed E-state index contributed by atoms with van der Waals surface area (Å²) in [5, 5.41) is 1.41. The zero-order valence-electron chi connectivity index (χ0n) is 12.0. The van der Waals surface area contributed by atoms with Gasteiger partial charge in [0.15, 0.2) is 0 Å². The molecule has 0 amide bonds. The molecule has 0 radical (unpaired) electrons. The summed E-state index contributed by atoms with van der Waals surface area (Å²) in [6, 6.07) is 7.31. The molecule has 1 aromatic rings. The maximum atomic E-state index is 12.0. The fraction of sp³-hybridized carbons (Fsp3) is 0.462. The largest absolute Gasteiger partial charge is 0.459 e. The molecule has 3 rings (SSSR count). The first-order valence-electron chi connectivity index (χ1n) is 6.54. The van der Waals surface area contributed by atoms with E-state index in [-0.39, 0.29) is 6.54 Å². The number of para-hydroxylation sites is 1. The van der Waals surface area contributed by atoms with Crippen LogP contribution in [0.5, 0.6) is 0 Å². The summed E-state index contributed by atoms with van der Waals surface area (Å²) in [6.45, 7) is 5.36. The Balaban J connectivity index is 1.80. The smallest absolute Gasteiger partial charge is 0.328 e. The second kappa shape index (κ2) is 4.93. The maximum Gasteiger partial charge on any atom is 0.328 e. The number of hydrogen-bond acceptors (Lipinski definition) is 8. The van der Waals surface area contributed by atoms with E-state index in [0.29, 0.717) is 11.3 Å². The van der Waals surface area contributed by atoms with Gasteiger partial charge in [-0.15, -0.1) is 5.48 Å². The molecule has 1 aromatic carbocycles. The van der Waals surface area contributed by atoms with Crippen molar-refractivity contribution in [2.75, 3.05) is 11.6 Å². The molecular weight excluding hydrogens is 278 g/mol. The summed E-state index contributed by atoms with van der Waals surface area (Å²) in [4.78, 5) is 27.7. The van der Waals surface area contributed by atoms with Crippen molar-refractivity contribution in [3.63, 3.8) is 0 Å². The molecule has 8 heteroatoms. The van der Waals surface area contributed by atoms with Gasteiger partial charge in [0.2, 0.25) is 0 Å². The molecule has 1 atom stereocenters. The number of nitrogens with one attached hydrogen (secondary N) is 2. The van der Waals surface area contributed by atoms with E-state index < -0.39 is 17.5 Å². The number of hydroxylamine groups is 2.